The summed E-state index contributed by atoms with van der Waals surface area (Å²) >= 11 is 0. The van der Waals surface area contributed by atoms with Crippen molar-refractivity contribution >= 4 is 15.9 Å². The maximum absolute atomic E-state index is 12.2. The molecule has 0 unspecified atom stereocenters. The number of nitrogens with one attached hydrogen (secondary N) is 1. The average Bonchev–Trinajstić information content (AvgIpc) is 2.71. The van der Waals surface area contributed by atoms with Gasteiger partial charge in [0.1, 0.15) is 12.4 Å². The molecule has 1 amide bonds. The van der Waals surface area contributed by atoms with Crippen molar-refractivity contribution in [1.29, 1.82) is 0 Å². The first-order valence-corrected chi connectivity index (χ1v) is 10.4. The van der Waals surface area contributed by atoms with Crippen LogP contribution >= 0.6 is 0 Å². The molecule has 0 spiro atoms. The van der Waals surface area contributed by atoms with E-state index in [9.17, 15) is 13.2 Å². The minimum atomic E-state index is -3.47. The molecule has 1 atom stereocenters. The normalized spacial score (nSPS) is 12.3. The van der Waals surface area contributed by atoms with Crippen LogP contribution in [0.1, 0.15) is 6.92 Å². The molecule has 0 saturated carbocycles. The molecule has 0 aliphatic carbocycles. The van der Waals surface area contributed by atoms with Crippen LogP contribution in [0.4, 0.5) is 0 Å². The number of benzene rings is 2. The molecule has 8 nitrogen and oxygen atoms in total. The lowest BCUT2D eigenvalue weighted by Gasteiger charge is -2.16. The third-order valence-corrected chi connectivity index (χ3v) is 5.84. The van der Waals surface area contributed by atoms with Crippen LogP contribution in [-0.2, 0) is 14.8 Å². The van der Waals surface area contributed by atoms with E-state index in [1.807, 2.05) is 6.07 Å². The summed E-state index contributed by atoms with van der Waals surface area (Å²) in [7, 11) is 1.01. The van der Waals surface area contributed by atoms with Crippen molar-refractivity contribution in [1.82, 2.24) is 9.62 Å². The van der Waals surface area contributed by atoms with Crippen LogP contribution in [0, 0.1) is 0 Å². The summed E-state index contributed by atoms with van der Waals surface area (Å²) < 4.78 is 41.6. The molecule has 29 heavy (non-hydrogen) atoms. The molecular formula is C20H26N2O6S. The predicted molar refractivity (Wildman–Crippen MR) is 109 cm³/mol. The van der Waals surface area contributed by atoms with E-state index in [0.717, 1.165) is 4.31 Å². The zero-order valence-corrected chi connectivity index (χ0v) is 17.7. The number of amides is 1. The van der Waals surface area contributed by atoms with Crippen molar-refractivity contribution in [3.8, 4) is 17.2 Å². The van der Waals surface area contributed by atoms with Gasteiger partial charge in [0, 0.05) is 14.1 Å². The Bertz CT molecular complexity index is 913. The van der Waals surface area contributed by atoms with Crippen LogP contribution in [0.2, 0.25) is 0 Å². The van der Waals surface area contributed by atoms with Crippen molar-refractivity contribution in [2.45, 2.75) is 17.9 Å². The number of hydrogen-bond acceptors (Lipinski definition) is 6. The van der Waals surface area contributed by atoms with Crippen LogP contribution in [0.15, 0.2) is 53.4 Å². The number of ether oxygens (including phenoxy) is 3. The van der Waals surface area contributed by atoms with Gasteiger partial charge in [0.15, 0.2) is 17.6 Å². The van der Waals surface area contributed by atoms with Gasteiger partial charge in [-0.3, -0.25) is 4.79 Å². The van der Waals surface area contributed by atoms with Crippen molar-refractivity contribution in [2.24, 2.45) is 0 Å². The lowest BCUT2D eigenvalue weighted by molar-refractivity contribution is -0.127. The summed E-state index contributed by atoms with van der Waals surface area (Å²) in [5, 5.41) is 2.73. The second-order valence-corrected chi connectivity index (χ2v) is 8.46. The van der Waals surface area contributed by atoms with Gasteiger partial charge in [-0.05, 0) is 43.3 Å². The van der Waals surface area contributed by atoms with E-state index in [4.69, 9.17) is 14.2 Å². The van der Waals surface area contributed by atoms with E-state index >= 15 is 0 Å². The van der Waals surface area contributed by atoms with Crippen LogP contribution < -0.4 is 19.5 Å². The molecule has 2 aromatic carbocycles. The quantitative estimate of drug-likeness (QED) is 0.588. The summed E-state index contributed by atoms with van der Waals surface area (Å²) in [4.78, 5) is 12.4. The first kappa shape index (κ1) is 22.5. The minimum absolute atomic E-state index is 0.186. The van der Waals surface area contributed by atoms with Gasteiger partial charge in [0.25, 0.3) is 5.91 Å². The zero-order valence-electron chi connectivity index (χ0n) is 16.9. The van der Waals surface area contributed by atoms with Gasteiger partial charge in [0.2, 0.25) is 10.0 Å². The zero-order chi connectivity index (χ0) is 21.4. The number of rotatable bonds is 10. The number of sulfonamides is 1. The van der Waals surface area contributed by atoms with E-state index in [1.165, 1.54) is 33.3 Å². The molecule has 9 heteroatoms. The van der Waals surface area contributed by atoms with Gasteiger partial charge >= 0.3 is 0 Å². The number of carbonyl (C=O) groups excluding carboxylic acids is 1. The highest BCUT2D eigenvalue weighted by Crippen LogP contribution is 2.26. The number of hydrogen-bond donors (Lipinski definition) is 1. The third kappa shape index (κ3) is 6.10. The van der Waals surface area contributed by atoms with Crippen molar-refractivity contribution in [2.75, 3.05) is 34.4 Å². The molecule has 0 saturated heterocycles. The Morgan fingerprint density at radius 3 is 2.28 bits per heavy atom. The Kier molecular flexibility index (Phi) is 7.86. The van der Waals surface area contributed by atoms with Gasteiger partial charge in [-0.2, -0.15) is 0 Å². The molecular weight excluding hydrogens is 396 g/mol. The lowest BCUT2D eigenvalue weighted by Crippen LogP contribution is -2.38. The summed E-state index contributed by atoms with van der Waals surface area (Å²) in [5.74, 6) is 1.26. The standard InChI is InChI=1S/C20H26N2O6S/c1-15(28-19-8-6-5-7-18(19)26-4)20(23)21-13-14-27-16-9-11-17(12-10-16)29(24,25)22(2)3/h5-12,15H,13-14H2,1-4H3,(H,21,23)/t15-/m0/s1. The molecule has 0 fully saturated rings. The number of methoxy groups -OCH3 is 1. The Morgan fingerprint density at radius 2 is 1.69 bits per heavy atom. The van der Waals surface area contributed by atoms with Gasteiger partial charge in [-0.15, -0.1) is 0 Å². The summed E-state index contributed by atoms with van der Waals surface area (Å²) in [6, 6.07) is 13.2. The molecule has 0 aliphatic rings. The molecule has 0 radical (unpaired) electrons. The van der Waals surface area contributed by atoms with Gasteiger partial charge in [-0.1, -0.05) is 12.1 Å². The topological polar surface area (TPSA) is 94.2 Å². The van der Waals surface area contributed by atoms with Crippen molar-refractivity contribution < 1.29 is 27.4 Å². The van der Waals surface area contributed by atoms with E-state index < -0.39 is 16.1 Å². The first-order valence-electron chi connectivity index (χ1n) is 8.98. The molecule has 0 aliphatic heterocycles. The van der Waals surface area contributed by atoms with E-state index in [1.54, 1.807) is 37.3 Å². The van der Waals surface area contributed by atoms with Gasteiger partial charge in [-0.25, -0.2) is 12.7 Å². The fourth-order valence-corrected chi connectivity index (χ4v) is 3.27. The highest BCUT2D eigenvalue weighted by molar-refractivity contribution is 7.89. The van der Waals surface area contributed by atoms with E-state index in [2.05, 4.69) is 5.32 Å². The van der Waals surface area contributed by atoms with Crippen LogP contribution in [-0.4, -0.2) is 59.1 Å². The monoisotopic (exact) mass is 422 g/mol. The van der Waals surface area contributed by atoms with Crippen molar-refractivity contribution in [3.05, 3.63) is 48.5 Å². The molecule has 0 heterocycles. The van der Waals surface area contributed by atoms with Crippen molar-refractivity contribution in [3.63, 3.8) is 0 Å². The number of nitrogens with zero attached hydrogens (tertiary/aromatic N) is 1. The maximum atomic E-state index is 12.2. The third-order valence-electron chi connectivity index (χ3n) is 4.01. The molecule has 0 bridgehead atoms. The largest absolute Gasteiger partial charge is 0.493 e. The highest BCUT2D eigenvalue weighted by atomic mass is 32.2. The van der Waals surface area contributed by atoms with Gasteiger partial charge < -0.3 is 19.5 Å². The molecule has 158 valence electrons. The molecule has 2 rings (SSSR count). The summed E-state index contributed by atoms with van der Waals surface area (Å²) in [5.41, 5.74) is 0. The van der Waals surface area contributed by atoms with Gasteiger partial charge in [0.05, 0.1) is 18.6 Å². The maximum Gasteiger partial charge on any atom is 0.260 e. The summed E-state index contributed by atoms with van der Waals surface area (Å²) in [6.45, 7) is 2.15. The summed E-state index contributed by atoms with van der Waals surface area (Å²) in [6.07, 6.45) is -0.707. The van der Waals surface area contributed by atoms with Crippen LogP contribution in [0.25, 0.3) is 0 Å². The van der Waals surface area contributed by atoms with Crippen LogP contribution in [0.3, 0.4) is 0 Å². The molecule has 1 N–H and O–H groups in total. The molecule has 0 aromatic heterocycles. The van der Waals surface area contributed by atoms with E-state index in [0.29, 0.717) is 17.2 Å². The Hall–Kier alpha value is -2.78. The predicted octanol–water partition coefficient (Wildman–Crippen LogP) is 1.91. The SMILES string of the molecule is COc1ccccc1O[C@@H](C)C(=O)NCCOc1ccc(S(=O)(=O)N(C)C)cc1. The Morgan fingerprint density at radius 1 is 1.07 bits per heavy atom. The Labute approximate surface area is 171 Å². The number of para-hydroxylation sites is 2. The lowest BCUT2D eigenvalue weighted by atomic mass is 10.3. The first-order chi connectivity index (χ1) is 13.8. The second-order valence-electron chi connectivity index (χ2n) is 6.31. The minimum Gasteiger partial charge on any atom is -0.493 e. The fraction of sp³-hybridized carbons (Fsp3) is 0.350. The van der Waals surface area contributed by atoms with Crippen LogP contribution in [0.5, 0.6) is 17.2 Å². The average molecular weight is 423 g/mol. The fourth-order valence-electron chi connectivity index (χ4n) is 2.37. The number of carbonyl (C=O) groups is 1. The highest BCUT2D eigenvalue weighted by Gasteiger charge is 2.17. The smallest absolute Gasteiger partial charge is 0.260 e. The molecule has 2 aromatic rings. The van der Waals surface area contributed by atoms with E-state index in [-0.39, 0.29) is 24.0 Å². The Balaban J connectivity index is 1.79. The second kappa shape index (κ2) is 10.1.